The highest BCUT2D eigenvalue weighted by molar-refractivity contribution is 5.97. The lowest BCUT2D eigenvalue weighted by Gasteiger charge is -2.47. The molecule has 2 unspecified atom stereocenters. The standard InChI is InChI=1S/C48H63N5O7/c54-42-15-14-38(46-45(42)50-43(55)33-59-46)16-21-49-22-25-53(39-12-5-2-6-13-39)44(56)18-28-58-27-17-35-8-7-9-36(30-35)32-51-23-19-48(20-24-51)34-52(26-29-60-48)47(57)41-31-40(41)37-10-3-1-4-11-37/h1,3-4,7-11,14-15,30,39-41,49,54H,2,5-6,12-13,16-29,31-34H2,(H,50,55). The number of carbonyl (C=O) groups excluding carboxylic acids is 3. The molecule has 3 heterocycles. The summed E-state index contributed by atoms with van der Waals surface area (Å²) in [5.41, 5.74) is 4.83. The number of ether oxygens (including phenoxy) is 3. The van der Waals surface area contributed by atoms with Gasteiger partial charge in [0, 0.05) is 57.8 Å². The summed E-state index contributed by atoms with van der Waals surface area (Å²) in [5.74, 6) is 1.19. The lowest BCUT2D eigenvalue weighted by atomic mass is 9.89. The molecule has 3 amide bonds. The topological polar surface area (TPSA) is 133 Å². The van der Waals surface area contributed by atoms with Gasteiger partial charge in [0.05, 0.1) is 31.8 Å². The minimum Gasteiger partial charge on any atom is -0.506 e. The molecule has 8 rings (SSSR count). The van der Waals surface area contributed by atoms with Crippen molar-refractivity contribution in [3.05, 3.63) is 89.0 Å². The summed E-state index contributed by atoms with van der Waals surface area (Å²) < 4.78 is 18.1. The Balaban J connectivity index is 0.735. The molecular formula is C48H63N5O7. The molecule has 1 spiro atoms. The van der Waals surface area contributed by atoms with Gasteiger partial charge in [-0.25, -0.2) is 0 Å². The number of hydrogen-bond acceptors (Lipinski definition) is 9. The lowest BCUT2D eigenvalue weighted by Crippen LogP contribution is -2.58. The molecule has 2 saturated carbocycles. The molecule has 0 bridgehead atoms. The smallest absolute Gasteiger partial charge is 0.262 e. The molecule has 3 aliphatic heterocycles. The molecule has 3 N–H and O–H groups in total. The van der Waals surface area contributed by atoms with Crippen molar-refractivity contribution in [2.75, 3.05) is 77.6 Å². The number of nitrogens with zero attached hydrogens (tertiary/aromatic N) is 3. The number of phenolic OH excluding ortho intramolecular Hbond substituents is 1. The van der Waals surface area contributed by atoms with Crippen LogP contribution in [0.1, 0.15) is 86.0 Å². The molecule has 2 aliphatic carbocycles. The van der Waals surface area contributed by atoms with Crippen LogP contribution in [0.15, 0.2) is 66.7 Å². The van der Waals surface area contributed by atoms with Crippen LogP contribution in [-0.2, 0) is 43.2 Å². The van der Waals surface area contributed by atoms with E-state index in [-0.39, 0.29) is 41.7 Å². The van der Waals surface area contributed by atoms with Crippen LogP contribution in [0.2, 0.25) is 0 Å². The quantitative estimate of drug-likeness (QED) is 0.117. The third kappa shape index (κ3) is 10.7. The van der Waals surface area contributed by atoms with Crippen molar-refractivity contribution in [3.63, 3.8) is 0 Å². The van der Waals surface area contributed by atoms with Gasteiger partial charge in [-0.2, -0.15) is 0 Å². The van der Waals surface area contributed by atoms with Gasteiger partial charge in [-0.05, 0) is 85.7 Å². The summed E-state index contributed by atoms with van der Waals surface area (Å²) in [6.45, 7) is 7.74. The summed E-state index contributed by atoms with van der Waals surface area (Å²) in [7, 11) is 0. The Hall–Kier alpha value is -4.49. The fourth-order valence-corrected chi connectivity index (χ4v) is 9.82. The Morgan fingerprint density at radius 2 is 1.75 bits per heavy atom. The zero-order valence-electron chi connectivity index (χ0n) is 35.1. The molecule has 12 heteroatoms. The number of aromatic hydroxyl groups is 1. The average Bonchev–Trinajstić information content (AvgIpc) is 4.08. The van der Waals surface area contributed by atoms with Crippen molar-refractivity contribution >= 4 is 23.4 Å². The Kier molecular flexibility index (Phi) is 14.0. The van der Waals surface area contributed by atoms with Gasteiger partial charge in [-0.3, -0.25) is 19.3 Å². The highest BCUT2D eigenvalue weighted by atomic mass is 16.5. The van der Waals surface area contributed by atoms with Gasteiger partial charge in [0.25, 0.3) is 5.91 Å². The number of likely N-dealkylation sites (tertiary alicyclic amines) is 1. The van der Waals surface area contributed by atoms with Gasteiger partial charge >= 0.3 is 0 Å². The van der Waals surface area contributed by atoms with E-state index in [0.717, 1.165) is 76.6 Å². The van der Waals surface area contributed by atoms with Gasteiger partial charge in [-0.15, -0.1) is 0 Å². The molecule has 0 aromatic heterocycles. The van der Waals surface area contributed by atoms with Crippen molar-refractivity contribution < 1.29 is 33.7 Å². The molecule has 322 valence electrons. The van der Waals surface area contributed by atoms with Crippen LogP contribution in [-0.4, -0.2) is 121 Å². The lowest BCUT2D eigenvalue weighted by molar-refractivity contribution is -0.160. The van der Waals surface area contributed by atoms with Gasteiger partial charge in [0.2, 0.25) is 11.8 Å². The second kappa shape index (κ2) is 19.9. The predicted octanol–water partition coefficient (Wildman–Crippen LogP) is 5.66. The molecule has 60 heavy (non-hydrogen) atoms. The van der Waals surface area contributed by atoms with E-state index in [1.165, 1.54) is 23.1 Å². The number of hydrogen-bond donors (Lipinski definition) is 3. The minimum atomic E-state index is -0.278. The molecular weight excluding hydrogens is 759 g/mol. The highest BCUT2D eigenvalue weighted by Crippen LogP contribution is 2.49. The number of rotatable bonds is 17. The molecule has 4 fully saturated rings. The first-order valence-electron chi connectivity index (χ1n) is 22.5. The van der Waals surface area contributed by atoms with Crippen molar-refractivity contribution in [3.8, 4) is 11.5 Å². The van der Waals surface area contributed by atoms with Crippen LogP contribution in [0.3, 0.4) is 0 Å². The summed E-state index contributed by atoms with van der Waals surface area (Å²) in [6.07, 6.45) is 10.3. The fraction of sp³-hybridized carbons (Fsp3) is 0.562. The molecule has 5 aliphatic rings. The van der Waals surface area contributed by atoms with Crippen LogP contribution >= 0.6 is 0 Å². The maximum absolute atomic E-state index is 13.6. The van der Waals surface area contributed by atoms with Crippen LogP contribution in [0.25, 0.3) is 0 Å². The van der Waals surface area contributed by atoms with Crippen molar-refractivity contribution in [1.82, 2.24) is 20.0 Å². The van der Waals surface area contributed by atoms with E-state index >= 15 is 0 Å². The third-order valence-corrected chi connectivity index (χ3v) is 13.3. The van der Waals surface area contributed by atoms with E-state index in [0.29, 0.717) is 88.6 Å². The van der Waals surface area contributed by atoms with Crippen molar-refractivity contribution in [2.24, 2.45) is 5.92 Å². The van der Waals surface area contributed by atoms with E-state index in [9.17, 15) is 19.5 Å². The summed E-state index contributed by atoms with van der Waals surface area (Å²) in [4.78, 5) is 45.5. The summed E-state index contributed by atoms with van der Waals surface area (Å²) >= 11 is 0. The van der Waals surface area contributed by atoms with E-state index in [2.05, 4.69) is 73.9 Å². The number of piperidine rings is 1. The maximum atomic E-state index is 13.6. The van der Waals surface area contributed by atoms with E-state index in [1.54, 1.807) is 6.07 Å². The molecule has 12 nitrogen and oxygen atoms in total. The number of phenols is 1. The number of morpholine rings is 1. The van der Waals surface area contributed by atoms with Gasteiger partial charge < -0.3 is 39.8 Å². The maximum Gasteiger partial charge on any atom is 0.262 e. The summed E-state index contributed by atoms with van der Waals surface area (Å²) in [6, 6.07) is 22.9. The first-order valence-corrected chi connectivity index (χ1v) is 22.5. The predicted molar refractivity (Wildman–Crippen MR) is 230 cm³/mol. The normalized spacial score (nSPS) is 21.5. The second-order valence-electron chi connectivity index (χ2n) is 17.5. The van der Waals surface area contributed by atoms with E-state index < -0.39 is 0 Å². The fourth-order valence-electron chi connectivity index (χ4n) is 9.82. The van der Waals surface area contributed by atoms with Crippen LogP contribution < -0.4 is 15.4 Å². The minimum absolute atomic E-state index is 0.00245. The Morgan fingerprint density at radius 1 is 0.933 bits per heavy atom. The second-order valence-corrected chi connectivity index (χ2v) is 17.5. The Bertz CT molecular complexity index is 1930. The number of anilines is 1. The van der Waals surface area contributed by atoms with Crippen LogP contribution in [0.5, 0.6) is 11.5 Å². The average molecular weight is 822 g/mol. The molecule has 0 radical (unpaired) electrons. The first kappa shape index (κ1) is 42.2. The molecule has 2 atom stereocenters. The number of nitrogens with one attached hydrogen (secondary N) is 2. The molecule has 3 aromatic carbocycles. The highest BCUT2D eigenvalue weighted by Gasteiger charge is 2.49. The van der Waals surface area contributed by atoms with Crippen molar-refractivity contribution in [2.45, 2.75) is 94.7 Å². The van der Waals surface area contributed by atoms with Gasteiger partial charge in [0.1, 0.15) is 11.4 Å². The molecule has 3 aromatic rings. The third-order valence-electron chi connectivity index (χ3n) is 13.3. The number of fused-ring (bicyclic) bond motifs is 1. The van der Waals surface area contributed by atoms with E-state index in [4.69, 9.17) is 14.2 Å². The zero-order chi connectivity index (χ0) is 41.3. The first-order chi connectivity index (χ1) is 29.3. The van der Waals surface area contributed by atoms with Gasteiger partial charge in [0.15, 0.2) is 12.4 Å². The van der Waals surface area contributed by atoms with Gasteiger partial charge in [-0.1, -0.05) is 79.9 Å². The van der Waals surface area contributed by atoms with Crippen molar-refractivity contribution in [1.29, 1.82) is 0 Å². The SMILES string of the molecule is O=C1COc2c(CCNCCN(C(=O)CCOCCc3cccc(CN4CCC5(CC4)CN(C(=O)C4CC4c4ccccc4)CCO5)c3)C3CCCCC3)ccc(O)c2N1. The zero-order valence-corrected chi connectivity index (χ0v) is 35.1. The molecule has 2 saturated heterocycles. The number of amides is 3. The Morgan fingerprint density at radius 3 is 2.58 bits per heavy atom. The van der Waals surface area contributed by atoms with Crippen LogP contribution in [0, 0.1) is 5.92 Å². The summed E-state index contributed by atoms with van der Waals surface area (Å²) in [5, 5.41) is 16.4. The Labute approximate surface area is 354 Å². The monoisotopic (exact) mass is 821 g/mol. The van der Waals surface area contributed by atoms with E-state index in [1.807, 2.05) is 12.1 Å². The largest absolute Gasteiger partial charge is 0.506 e. The van der Waals surface area contributed by atoms with Crippen LogP contribution in [0.4, 0.5) is 5.69 Å². The number of benzene rings is 3. The number of carbonyl (C=O) groups is 3.